The van der Waals surface area contributed by atoms with Crippen molar-refractivity contribution in [2.75, 3.05) is 18.8 Å². The van der Waals surface area contributed by atoms with Gasteiger partial charge in [0.1, 0.15) is 18.2 Å². The van der Waals surface area contributed by atoms with Gasteiger partial charge in [0.2, 0.25) is 11.6 Å². The predicted molar refractivity (Wildman–Crippen MR) is 169 cm³/mol. The van der Waals surface area contributed by atoms with Crippen LogP contribution in [0.4, 0.5) is 10.2 Å². The summed E-state index contributed by atoms with van der Waals surface area (Å²) in [6.45, 7) is 2.03. The van der Waals surface area contributed by atoms with E-state index in [1.807, 2.05) is 6.07 Å². The lowest BCUT2D eigenvalue weighted by molar-refractivity contribution is 0.0946. The molecular weight excluding hydrogens is 613 g/mol. The third-order valence-electron chi connectivity index (χ3n) is 7.80. The number of nitrogens with one attached hydrogen (secondary N) is 1. The van der Waals surface area contributed by atoms with Gasteiger partial charge in [0.15, 0.2) is 5.69 Å². The van der Waals surface area contributed by atoms with Crippen LogP contribution in [0.5, 0.6) is 5.75 Å². The van der Waals surface area contributed by atoms with Gasteiger partial charge in [0.05, 0.1) is 16.9 Å². The monoisotopic (exact) mass is 643 g/mol. The molecule has 46 heavy (non-hydrogen) atoms. The summed E-state index contributed by atoms with van der Waals surface area (Å²) in [5.41, 5.74) is 11.3. The van der Waals surface area contributed by atoms with Crippen LogP contribution in [-0.2, 0) is 19.6 Å². The van der Waals surface area contributed by atoms with Crippen LogP contribution in [0.15, 0.2) is 82.5 Å². The number of carbonyl (C=O) groups excluding carboxylic acids is 1. The minimum absolute atomic E-state index is 0.0251. The maximum atomic E-state index is 14.1. The van der Waals surface area contributed by atoms with E-state index < -0.39 is 11.7 Å². The van der Waals surface area contributed by atoms with Crippen molar-refractivity contribution in [3.8, 4) is 11.6 Å². The largest absolute Gasteiger partial charge is 0.489 e. The third kappa shape index (κ3) is 7.38. The van der Waals surface area contributed by atoms with E-state index in [-0.39, 0.29) is 34.5 Å². The summed E-state index contributed by atoms with van der Waals surface area (Å²) in [7, 11) is 0. The van der Waals surface area contributed by atoms with E-state index in [0.717, 1.165) is 32.4 Å². The fraction of sp³-hybridized carbons (Fsp3) is 0.250. The van der Waals surface area contributed by atoms with Gasteiger partial charge in [-0.15, -0.1) is 5.10 Å². The molecule has 1 aliphatic heterocycles. The van der Waals surface area contributed by atoms with Crippen molar-refractivity contribution in [3.05, 3.63) is 112 Å². The van der Waals surface area contributed by atoms with Crippen LogP contribution < -0.4 is 15.9 Å². The second-order valence-electron chi connectivity index (χ2n) is 10.9. The van der Waals surface area contributed by atoms with Crippen LogP contribution in [0.3, 0.4) is 0 Å². The number of hydrogen-bond acceptors (Lipinski definition) is 10. The van der Waals surface area contributed by atoms with Crippen LogP contribution in [0.2, 0.25) is 5.02 Å². The summed E-state index contributed by atoms with van der Waals surface area (Å²) in [4.78, 5) is 15.5. The minimum atomic E-state index is -0.562. The molecule has 14 heteroatoms. The van der Waals surface area contributed by atoms with Crippen molar-refractivity contribution in [2.24, 2.45) is 11.0 Å². The Bertz CT molecular complexity index is 1800. The van der Waals surface area contributed by atoms with Gasteiger partial charge < -0.3 is 10.5 Å². The van der Waals surface area contributed by atoms with E-state index in [0.29, 0.717) is 29.5 Å². The number of carbonyl (C=O) groups is 1. The van der Waals surface area contributed by atoms with Crippen LogP contribution in [0.1, 0.15) is 45.7 Å². The molecule has 1 aliphatic rings. The Morgan fingerprint density at radius 3 is 2.67 bits per heavy atom. The van der Waals surface area contributed by atoms with Crippen molar-refractivity contribution in [2.45, 2.75) is 32.4 Å². The van der Waals surface area contributed by atoms with Gasteiger partial charge in [0.25, 0.3) is 5.91 Å². The molecule has 1 saturated heterocycles. The third-order valence-corrected chi connectivity index (χ3v) is 8.16. The molecule has 5 aromatic rings. The smallest absolute Gasteiger partial charge is 0.293 e. The first-order valence-corrected chi connectivity index (χ1v) is 15.1. The normalized spacial score (nSPS) is 14.1. The summed E-state index contributed by atoms with van der Waals surface area (Å²) < 4.78 is 26.0. The molecular formula is C32H31ClFN9O3. The number of nitrogen functional groups attached to an aromatic ring is 1. The lowest BCUT2D eigenvalue weighted by atomic mass is 9.90. The maximum absolute atomic E-state index is 14.1. The quantitative estimate of drug-likeness (QED) is 0.152. The molecule has 2 aromatic heterocycles. The lowest BCUT2D eigenvalue weighted by Crippen LogP contribution is -2.35. The number of nitrogens with zero attached hydrogens (tertiary/aromatic N) is 7. The number of aromatic nitrogens is 5. The van der Waals surface area contributed by atoms with Gasteiger partial charge >= 0.3 is 0 Å². The second kappa shape index (κ2) is 14.3. The molecule has 236 valence electrons. The summed E-state index contributed by atoms with van der Waals surface area (Å²) in [5.74, 6) is 0.225. The van der Waals surface area contributed by atoms with Crippen LogP contribution >= 0.6 is 11.6 Å². The zero-order valence-corrected chi connectivity index (χ0v) is 25.5. The Morgan fingerprint density at radius 1 is 1.11 bits per heavy atom. The molecule has 3 N–H and O–H groups in total. The number of likely N-dealkylation sites (tertiary alicyclic amines) is 1. The van der Waals surface area contributed by atoms with Gasteiger partial charge in [-0.25, -0.2) is 14.4 Å². The number of anilines is 1. The van der Waals surface area contributed by atoms with Crippen molar-refractivity contribution < 1.29 is 18.6 Å². The number of hydrogen-bond donors (Lipinski definition) is 2. The molecule has 0 saturated carbocycles. The van der Waals surface area contributed by atoms with E-state index in [2.05, 4.69) is 60.3 Å². The average Bonchev–Trinajstić information content (AvgIpc) is 3.68. The molecule has 0 radical (unpaired) electrons. The molecule has 1 amide bonds. The summed E-state index contributed by atoms with van der Waals surface area (Å²) >= 11 is 6.10. The molecule has 0 bridgehead atoms. The Hall–Kier alpha value is -5.14. The first-order valence-electron chi connectivity index (χ1n) is 14.7. The maximum Gasteiger partial charge on any atom is 0.293 e. The van der Waals surface area contributed by atoms with Gasteiger partial charge in [-0.2, -0.15) is 9.78 Å². The summed E-state index contributed by atoms with van der Waals surface area (Å²) in [5, 5.41) is 20.2. The van der Waals surface area contributed by atoms with Crippen molar-refractivity contribution in [3.63, 3.8) is 0 Å². The molecule has 0 spiro atoms. The molecule has 3 aromatic carbocycles. The van der Waals surface area contributed by atoms with Crippen LogP contribution in [-0.4, -0.2) is 55.4 Å². The molecule has 6 rings (SSSR count). The lowest BCUT2D eigenvalue weighted by Gasteiger charge is -2.32. The Labute approximate surface area is 268 Å². The molecule has 0 atom stereocenters. The molecule has 12 nitrogen and oxygen atoms in total. The van der Waals surface area contributed by atoms with Crippen LogP contribution in [0, 0.1) is 11.7 Å². The van der Waals surface area contributed by atoms with E-state index in [1.165, 1.54) is 28.6 Å². The number of halogens is 2. The Morgan fingerprint density at radius 2 is 1.91 bits per heavy atom. The van der Waals surface area contributed by atoms with E-state index in [4.69, 9.17) is 26.7 Å². The number of hydrazone groups is 1. The Balaban J connectivity index is 1.11. The van der Waals surface area contributed by atoms with Crippen molar-refractivity contribution in [1.82, 2.24) is 35.6 Å². The van der Waals surface area contributed by atoms with E-state index in [1.54, 1.807) is 30.3 Å². The minimum Gasteiger partial charge on any atom is -0.489 e. The zero-order valence-electron chi connectivity index (χ0n) is 24.7. The van der Waals surface area contributed by atoms with Crippen molar-refractivity contribution >= 4 is 29.5 Å². The number of rotatable bonds is 11. The Kier molecular flexibility index (Phi) is 9.60. The number of benzene rings is 3. The molecule has 0 unspecified atom stereocenters. The highest BCUT2D eigenvalue weighted by molar-refractivity contribution is 6.31. The van der Waals surface area contributed by atoms with Gasteiger partial charge in [0, 0.05) is 12.1 Å². The van der Waals surface area contributed by atoms with Crippen LogP contribution in [0.25, 0.3) is 5.82 Å². The van der Waals surface area contributed by atoms with Crippen molar-refractivity contribution in [1.29, 1.82) is 0 Å². The SMILES string of the molecule is Nc1nonc1-n1nnc(C(=O)NN=Cc2cccc(OCc3c(F)cccc3Cl)c2)c1CN1CCC(Cc2ccccc2)CC1. The predicted octanol–water partition coefficient (Wildman–Crippen LogP) is 4.82. The van der Waals surface area contributed by atoms with Gasteiger partial charge in [-0.3, -0.25) is 9.69 Å². The first kappa shape index (κ1) is 30.9. The number of nitrogens with two attached hydrogens (primary N) is 1. The highest BCUT2D eigenvalue weighted by atomic mass is 35.5. The second-order valence-corrected chi connectivity index (χ2v) is 11.3. The van der Waals surface area contributed by atoms with E-state index >= 15 is 0 Å². The highest BCUT2D eigenvalue weighted by Crippen LogP contribution is 2.25. The summed E-state index contributed by atoms with van der Waals surface area (Å²) in [6.07, 6.45) is 4.54. The zero-order chi connectivity index (χ0) is 31.9. The van der Waals surface area contributed by atoms with Gasteiger partial charge in [-0.1, -0.05) is 65.3 Å². The van der Waals surface area contributed by atoms with Gasteiger partial charge in [-0.05, 0) is 84.0 Å². The number of piperidine rings is 1. The topological polar surface area (TPSA) is 150 Å². The molecule has 0 aliphatic carbocycles. The standard InChI is InChI=1S/C32H31ClFN9O3/c33-26-10-5-11-27(34)25(26)20-45-24-9-4-8-23(17-24)18-36-38-32(44)29-28(43(41-37-29)31-30(35)39-46-40-31)19-42-14-12-22(13-15-42)16-21-6-2-1-3-7-21/h1-11,17-18,22H,12-16,19-20H2,(H2,35,39)(H,38,44). The number of amides is 1. The van der Waals surface area contributed by atoms with E-state index in [9.17, 15) is 9.18 Å². The molecule has 3 heterocycles. The highest BCUT2D eigenvalue weighted by Gasteiger charge is 2.27. The molecule has 1 fully saturated rings. The average molecular weight is 644 g/mol. The summed E-state index contributed by atoms with van der Waals surface area (Å²) in [6, 6.07) is 21.9. The fourth-order valence-electron chi connectivity index (χ4n) is 5.36. The fourth-order valence-corrected chi connectivity index (χ4v) is 5.58. The first-order chi connectivity index (χ1) is 22.4. The number of ether oxygens (including phenoxy) is 1.